The van der Waals surface area contributed by atoms with Crippen molar-refractivity contribution in [1.82, 2.24) is 0 Å². The first-order valence-electron chi connectivity index (χ1n) is 7.13. The molecule has 7 nitrogen and oxygen atoms in total. The normalized spacial score (nSPS) is 13.1. The van der Waals surface area contributed by atoms with Crippen LogP contribution in [0.1, 0.15) is 13.8 Å². The molecular formula is C14H30O7. The summed E-state index contributed by atoms with van der Waals surface area (Å²) in [6, 6.07) is 0. The molecule has 5 N–H and O–H groups in total. The Hall–Kier alpha value is -0.280. The number of aliphatic hydroxyl groups is 5. The molecule has 0 spiro atoms. The lowest BCUT2D eigenvalue weighted by Crippen LogP contribution is -2.44. The molecule has 21 heavy (non-hydrogen) atoms. The summed E-state index contributed by atoms with van der Waals surface area (Å²) in [5.74, 6) is 0.340. The average Bonchev–Trinajstić information content (AvgIpc) is 2.50. The first kappa shape index (κ1) is 20.7. The Labute approximate surface area is 126 Å². The highest BCUT2D eigenvalue weighted by Crippen LogP contribution is 2.21. The van der Waals surface area contributed by atoms with E-state index in [1.54, 1.807) is 0 Å². The molecule has 0 atom stereocenters. The summed E-state index contributed by atoms with van der Waals surface area (Å²) in [6.07, 6.45) is 0. The average molecular weight is 310 g/mol. The Morgan fingerprint density at radius 1 is 0.667 bits per heavy atom. The second-order valence-electron chi connectivity index (χ2n) is 6.19. The summed E-state index contributed by atoms with van der Waals surface area (Å²) in [4.78, 5) is 0. The monoisotopic (exact) mass is 310 g/mol. The molecular weight excluding hydrogens is 280 g/mol. The van der Waals surface area contributed by atoms with Crippen LogP contribution < -0.4 is 0 Å². The number of hydrogen-bond acceptors (Lipinski definition) is 7. The summed E-state index contributed by atoms with van der Waals surface area (Å²) in [5, 5.41) is 46.5. The zero-order valence-corrected chi connectivity index (χ0v) is 13.0. The molecule has 0 aromatic heterocycles. The van der Waals surface area contributed by atoms with Crippen molar-refractivity contribution in [1.29, 1.82) is 0 Å². The van der Waals surface area contributed by atoms with Crippen LogP contribution in [0.3, 0.4) is 0 Å². The maximum Gasteiger partial charge on any atom is 0.0632 e. The fourth-order valence-corrected chi connectivity index (χ4v) is 1.56. The van der Waals surface area contributed by atoms with E-state index in [0.29, 0.717) is 12.5 Å². The van der Waals surface area contributed by atoms with Gasteiger partial charge < -0.3 is 35.0 Å². The number of ether oxygens (including phenoxy) is 2. The van der Waals surface area contributed by atoms with Crippen molar-refractivity contribution in [3.63, 3.8) is 0 Å². The first-order valence-corrected chi connectivity index (χ1v) is 7.13. The number of aliphatic hydroxyl groups excluding tert-OH is 5. The molecule has 0 saturated carbocycles. The van der Waals surface area contributed by atoms with E-state index in [0.717, 1.165) is 0 Å². The zero-order valence-electron chi connectivity index (χ0n) is 13.0. The molecule has 0 aromatic carbocycles. The molecule has 0 aliphatic carbocycles. The first-order chi connectivity index (χ1) is 9.93. The van der Waals surface area contributed by atoms with Gasteiger partial charge in [0.25, 0.3) is 0 Å². The molecule has 0 aliphatic rings. The van der Waals surface area contributed by atoms with E-state index < -0.39 is 30.7 Å². The summed E-state index contributed by atoms with van der Waals surface area (Å²) in [5.41, 5.74) is -2.07. The van der Waals surface area contributed by atoms with Gasteiger partial charge in [-0.1, -0.05) is 13.8 Å². The highest BCUT2D eigenvalue weighted by atomic mass is 16.5. The Kier molecular flexibility index (Phi) is 10.3. The Morgan fingerprint density at radius 3 is 1.43 bits per heavy atom. The van der Waals surface area contributed by atoms with E-state index in [1.165, 1.54) is 0 Å². The second-order valence-corrected chi connectivity index (χ2v) is 6.19. The molecule has 0 unspecified atom stereocenters. The third kappa shape index (κ3) is 7.01. The second kappa shape index (κ2) is 10.4. The van der Waals surface area contributed by atoms with Crippen molar-refractivity contribution in [2.24, 2.45) is 16.7 Å². The topological polar surface area (TPSA) is 120 Å². The zero-order chi connectivity index (χ0) is 16.4. The third-order valence-electron chi connectivity index (χ3n) is 3.35. The van der Waals surface area contributed by atoms with Crippen LogP contribution in [0.15, 0.2) is 0 Å². The van der Waals surface area contributed by atoms with E-state index in [-0.39, 0.29) is 33.0 Å². The van der Waals surface area contributed by atoms with E-state index in [1.807, 2.05) is 13.8 Å². The maximum absolute atomic E-state index is 9.47. The minimum atomic E-state index is -1.13. The van der Waals surface area contributed by atoms with Gasteiger partial charge in [-0.3, -0.25) is 0 Å². The lowest BCUT2D eigenvalue weighted by molar-refractivity contribution is -0.113. The SMILES string of the molecule is CC(C)COCC(CO)(CO)COCC(CO)(CO)CO. The van der Waals surface area contributed by atoms with Crippen LogP contribution in [0.25, 0.3) is 0 Å². The van der Waals surface area contributed by atoms with Gasteiger partial charge in [0, 0.05) is 6.61 Å². The lowest BCUT2D eigenvalue weighted by atomic mass is 9.90. The van der Waals surface area contributed by atoms with Crippen molar-refractivity contribution < 1.29 is 35.0 Å². The van der Waals surface area contributed by atoms with Crippen molar-refractivity contribution in [2.75, 3.05) is 59.5 Å². The Balaban J connectivity index is 4.43. The molecule has 0 heterocycles. The maximum atomic E-state index is 9.47. The molecule has 7 heteroatoms. The Morgan fingerprint density at radius 2 is 1.05 bits per heavy atom. The van der Waals surface area contributed by atoms with Crippen LogP contribution in [0.4, 0.5) is 0 Å². The molecule has 0 aliphatic heterocycles. The minimum absolute atomic E-state index is 0.000154. The van der Waals surface area contributed by atoms with Crippen LogP contribution in [-0.2, 0) is 9.47 Å². The Bertz CT molecular complexity index is 241. The third-order valence-corrected chi connectivity index (χ3v) is 3.35. The van der Waals surface area contributed by atoms with E-state index in [4.69, 9.17) is 9.47 Å². The van der Waals surface area contributed by atoms with Crippen molar-refractivity contribution in [3.8, 4) is 0 Å². The molecule has 0 saturated heterocycles. The molecule has 128 valence electrons. The molecule has 0 aromatic rings. The largest absolute Gasteiger partial charge is 0.396 e. The van der Waals surface area contributed by atoms with Gasteiger partial charge in [-0.25, -0.2) is 0 Å². The van der Waals surface area contributed by atoms with Crippen molar-refractivity contribution in [3.05, 3.63) is 0 Å². The predicted octanol–water partition coefficient (Wildman–Crippen LogP) is -1.39. The molecule has 0 bridgehead atoms. The highest BCUT2D eigenvalue weighted by Gasteiger charge is 2.33. The van der Waals surface area contributed by atoms with Crippen LogP contribution in [-0.4, -0.2) is 85.0 Å². The van der Waals surface area contributed by atoms with E-state index in [2.05, 4.69) is 0 Å². The van der Waals surface area contributed by atoms with Crippen LogP contribution in [0.2, 0.25) is 0 Å². The molecule has 0 amide bonds. The summed E-state index contributed by atoms with van der Waals surface area (Å²) >= 11 is 0. The fraction of sp³-hybridized carbons (Fsp3) is 1.00. The standard InChI is InChI=1S/C14H30O7/c1-12(2)3-20-10-14(7-18,8-19)11-21-9-13(4-15,5-16)6-17/h12,15-19H,3-11H2,1-2H3. The summed E-state index contributed by atoms with van der Waals surface area (Å²) in [6.45, 7) is 2.67. The van der Waals surface area contributed by atoms with Crippen molar-refractivity contribution >= 4 is 0 Å². The van der Waals surface area contributed by atoms with Crippen LogP contribution in [0.5, 0.6) is 0 Å². The van der Waals surface area contributed by atoms with Gasteiger partial charge in [0.1, 0.15) is 0 Å². The van der Waals surface area contributed by atoms with Gasteiger partial charge in [-0.15, -0.1) is 0 Å². The number of hydrogen-bond donors (Lipinski definition) is 5. The quantitative estimate of drug-likeness (QED) is 0.284. The molecule has 0 radical (unpaired) electrons. The van der Waals surface area contributed by atoms with Gasteiger partial charge in [-0.2, -0.15) is 0 Å². The molecule has 0 rings (SSSR count). The van der Waals surface area contributed by atoms with Gasteiger partial charge in [0.2, 0.25) is 0 Å². The van der Waals surface area contributed by atoms with Crippen molar-refractivity contribution in [2.45, 2.75) is 13.8 Å². The van der Waals surface area contributed by atoms with E-state index >= 15 is 0 Å². The summed E-state index contributed by atoms with van der Waals surface area (Å²) < 4.78 is 10.9. The predicted molar refractivity (Wildman–Crippen MR) is 76.8 cm³/mol. The molecule has 0 fully saturated rings. The smallest absolute Gasteiger partial charge is 0.0632 e. The van der Waals surface area contributed by atoms with Gasteiger partial charge in [0.05, 0.1) is 63.7 Å². The number of rotatable bonds is 13. The van der Waals surface area contributed by atoms with Crippen LogP contribution in [0, 0.1) is 16.7 Å². The van der Waals surface area contributed by atoms with Crippen LogP contribution >= 0.6 is 0 Å². The van der Waals surface area contributed by atoms with Gasteiger partial charge in [0.15, 0.2) is 0 Å². The van der Waals surface area contributed by atoms with E-state index in [9.17, 15) is 25.5 Å². The van der Waals surface area contributed by atoms with Gasteiger partial charge >= 0.3 is 0 Å². The summed E-state index contributed by atoms with van der Waals surface area (Å²) in [7, 11) is 0. The minimum Gasteiger partial charge on any atom is -0.396 e. The lowest BCUT2D eigenvalue weighted by Gasteiger charge is -2.32. The fourth-order valence-electron chi connectivity index (χ4n) is 1.56. The highest BCUT2D eigenvalue weighted by molar-refractivity contribution is 4.80. The van der Waals surface area contributed by atoms with Gasteiger partial charge in [-0.05, 0) is 5.92 Å².